The van der Waals surface area contributed by atoms with Gasteiger partial charge in [0.15, 0.2) is 5.82 Å². The minimum absolute atomic E-state index is 0.113. The number of rotatable bonds is 3. The number of fused-ring (bicyclic) bond motifs is 1. The Hall–Kier alpha value is -1.98. The van der Waals surface area contributed by atoms with Crippen molar-refractivity contribution in [1.29, 1.82) is 0 Å². The van der Waals surface area contributed by atoms with Crippen molar-refractivity contribution in [2.75, 3.05) is 0 Å². The zero-order chi connectivity index (χ0) is 16.6. The molecule has 2 heterocycles. The molecule has 0 aliphatic heterocycles. The molecule has 23 heavy (non-hydrogen) atoms. The van der Waals surface area contributed by atoms with Crippen LogP contribution in [-0.2, 0) is 0 Å². The van der Waals surface area contributed by atoms with E-state index in [1.54, 1.807) is 28.7 Å². The summed E-state index contributed by atoms with van der Waals surface area (Å²) in [6.07, 6.45) is 1.34. The number of imidazole rings is 1. The highest BCUT2D eigenvalue weighted by Gasteiger charge is 2.15. The average molecular weight is 351 g/mol. The van der Waals surface area contributed by atoms with Crippen molar-refractivity contribution in [3.63, 3.8) is 0 Å². The third kappa shape index (κ3) is 3.07. The summed E-state index contributed by atoms with van der Waals surface area (Å²) < 4.78 is 15.1. The number of halogens is 3. The van der Waals surface area contributed by atoms with Gasteiger partial charge in [0, 0.05) is 6.20 Å². The van der Waals surface area contributed by atoms with Crippen LogP contribution in [0.25, 0.3) is 5.65 Å². The Morgan fingerprint density at radius 1 is 1.13 bits per heavy atom. The van der Waals surface area contributed by atoms with E-state index in [1.807, 2.05) is 13.8 Å². The van der Waals surface area contributed by atoms with Crippen LogP contribution in [0.2, 0.25) is 10.0 Å². The predicted molar refractivity (Wildman–Crippen MR) is 89.9 cm³/mol. The van der Waals surface area contributed by atoms with Gasteiger partial charge >= 0.3 is 0 Å². The maximum absolute atomic E-state index is 13.5. The van der Waals surface area contributed by atoms with Gasteiger partial charge in [0.05, 0.1) is 15.7 Å². The molecule has 0 N–H and O–H groups in total. The Labute approximate surface area is 142 Å². The van der Waals surface area contributed by atoms with E-state index in [0.29, 0.717) is 27.2 Å². The molecule has 0 fully saturated rings. The standard InChI is InChI=1S/C16H13Cl2FN4/c1-9(2)15-16(23-8-10(19)6-7-13(23)20-15)22-21-12-5-3-4-11(17)14(12)18/h3-9H,1-2H3. The third-order valence-corrected chi connectivity index (χ3v) is 4.12. The van der Waals surface area contributed by atoms with Crippen LogP contribution in [0.5, 0.6) is 0 Å². The second-order valence-corrected chi connectivity index (χ2v) is 6.11. The Bertz CT molecular complexity index is 902. The second-order valence-electron chi connectivity index (χ2n) is 5.32. The molecule has 118 valence electrons. The Morgan fingerprint density at radius 3 is 2.65 bits per heavy atom. The fourth-order valence-corrected chi connectivity index (χ4v) is 2.52. The fraction of sp³-hybridized carbons (Fsp3) is 0.188. The fourth-order valence-electron chi connectivity index (χ4n) is 2.18. The first-order valence-corrected chi connectivity index (χ1v) is 7.76. The molecule has 3 rings (SSSR count). The van der Waals surface area contributed by atoms with Crippen LogP contribution < -0.4 is 0 Å². The van der Waals surface area contributed by atoms with Crippen LogP contribution in [0.15, 0.2) is 46.8 Å². The van der Waals surface area contributed by atoms with Crippen LogP contribution in [0.3, 0.4) is 0 Å². The van der Waals surface area contributed by atoms with Gasteiger partial charge < -0.3 is 0 Å². The normalized spacial score (nSPS) is 11.9. The molecule has 0 radical (unpaired) electrons. The zero-order valence-electron chi connectivity index (χ0n) is 12.5. The second kappa shape index (κ2) is 6.26. The molecule has 0 bridgehead atoms. The third-order valence-electron chi connectivity index (χ3n) is 3.31. The Kier molecular flexibility index (Phi) is 4.33. The van der Waals surface area contributed by atoms with Crippen LogP contribution in [0.1, 0.15) is 25.5 Å². The van der Waals surface area contributed by atoms with Crippen molar-refractivity contribution in [2.24, 2.45) is 10.2 Å². The number of aromatic nitrogens is 2. The maximum Gasteiger partial charge on any atom is 0.183 e. The molecular formula is C16H13Cl2FN4. The van der Waals surface area contributed by atoms with Crippen LogP contribution in [0.4, 0.5) is 15.9 Å². The quantitative estimate of drug-likeness (QED) is 0.509. The monoisotopic (exact) mass is 350 g/mol. The summed E-state index contributed by atoms with van der Waals surface area (Å²) in [6, 6.07) is 8.08. The molecule has 7 heteroatoms. The van der Waals surface area contributed by atoms with Gasteiger partial charge in [0.1, 0.15) is 17.2 Å². The topological polar surface area (TPSA) is 42.0 Å². The van der Waals surface area contributed by atoms with E-state index in [2.05, 4.69) is 15.2 Å². The summed E-state index contributed by atoms with van der Waals surface area (Å²) in [4.78, 5) is 4.49. The Morgan fingerprint density at radius 2 is 1.91 bits per heavy atom. The van der Waals surface area contributed by atoms with E-state index in [9.17, 15) is 4.39 Å². The number of benzene rings is 1. The summed E-state index contributed by atoms with van der Waals surface area (Å²) >= 11 is 12.1. The van der Waals surface area contributed by atoms with E-state index in [0.717, 1.165) is 5.69 Å². The molecule has 0 amide bonds. The van der Waals surface area contributed by atoms with E-state index >= 15 is 0 Å². The van der Waals surface area contributed by atoms with Gasteiger partial charge in [-0.2, -0.15) is 0 Å². The molecule has 0 spiro atoms. The van der Waals surface area contributed by atoms with Gasteiger partial charge in [-0.1, -0.05) is 43.1 Å². The van der Waals surface area contributed by atoms with Crippen molar-refractivity contribution < 1.29 is 4.39 Å². The number of hydrogen-bond acceptors (Lipinski definition) is 3. The lowest BCUT2D eigenvalue weighted by Crippen LogP contribution is -1.88. The van der Waals surface area contributed by atoms with Gasteiger partial charge in [0.25, 0.3) is 0 Å². The van der Waals surface area contributed by atoms with E-state index in [-0.39, 0.29) is 11.7 Å². The first-order chi connectivity index (χ1) is 11.0. The molecule has 1 aromatic carbocycles. The van der Waals surface area contributed by atoms with E-state index in [4.69, 9.17) is 23.2 Å². The van der Waals surface area contributed by atoms with Crippen molar-refractivity contribution in [3.05, 3.63) is 58.1 Å². The number of azo groups is 1. The van der Waals surface area contributed by atoms with Crippen LogP contribution in [0, 0.1) is 5.82 Å². The van der Waals surface area contributed by atoms with Crippen molar-refractivity contribution in [1.82, 2.24) is 9.38 Å². The molecule has 4 nitrogen and oxygen atoms in total. The van der Waals surface area contributed by atoms with Gasteiger partial charge in [0.2, 0.25) is 0 Å². The van der Waals surface area contributed by atoms with Crippen LogP contribution >= 0.6 is 23.2 Å². The first-order valence-electron chi connectivity index (χ1n) is 7.00. The summed E-state index contributed by atoms with van der Waals surface area (Å²) in [7, 11) is 0. The summed E-state index contributed by atoms with van der Waals surface area (Å²) in [5.74, 6) is 0.217. The van der Waals surface area contributed by atoms with Gasteiger partial charge in [-0.15, -0.1) is 10.2 Å². The molecular weight excluding hydrogens is 338 g/mol. The number of nitrogens with zero attached hydrogens (tertiary/aromatic N) is 4. The largest absolute Gasteiger partial charge is 0.280 e. The molecule has 0 saturated heterocycles. The molecule has 0 saturated carbocycles. The lowest BCUT2D eigenvalue weighted by Gasteiger charge is -2.02. The molecule has 0 unspecified atom stereocenters. The number of pyridine rings is 1. The molecule has 0 aliphatic rings. The Balaban J connectivity index is 2.14. The highest BCUT2D eigenvalue weighted by molar-refractivity contribution is 6.43. The highest BCUT2D eigenvalue weighted by atomic mass is 35.5. The van der Waals surface area contributed by atoms with Gasteiger partial charge in [-0.3, -0.25) is 4.40 Å². The van der Waals surface area contributed by atoms with Crippen molar-refractivity contribution in [3.8, 4) is 0 Å². The van der Waals surface area contributed by atoms with E-state index < -0.39 is 0 Å². The summed E-state index contributed by atoms with van der Waals surface area (Å²) in [5, 5.41) is 9.12. The molecule has 0 atom stereocenters. The average Bonchev–Trinajstić information content (AvgIpc) is 2.87. The van der Waals surface area contributed by atoms with Crippen molar-refractivity contribution >= 4 is 40.4 Å². The molecule has 2 aromatic heterocycles. The highest BCUT2D eigenvalue weighted by Crippen LogP contribution is 2.34. The van der Waals surface area contributed by atoms with Crippen LogP contribution in [-0.4, -0.2) is 9.38 Å². The zero-order valence-corrected chi connectivity index (χ0v) is 14.0. The minimum Gasteiger partial charge on any atom is -0.280 e. The summed E-state index contributed by atoms with van der Waals surface area (Å²) in [5.41, 5.74) is 1.79. The SMILES string of the molecule is CC(C)c1nc2ccc(F)cn2c1N=Nc1cccc(Cl)c1Cl. The minimum atomic E-state index is -0.373. The van der Waals surface area contributed by atoms with Gasteiger partial charge in [-0.25, -0.2) is 9.37 Å². The molecule has 3 aromatic rings. The number of hydrogen-bond donors (Lipinski definition) is 0. The summed E-state index contributed by atoms with van der Waals surface area (Å²) in [6.45, 7) is 3.98. The van der Waals surface area contributed by atoms with Crippen molar-refractivity contribution in [2.45, 2.75) is 19.8 Å². The van der Waals surface area contributed by atoms with Gasteiger partial charge in [-0.05, 0) is 30.2 Å². The smallest absolute Gasteiger partial charge is 0.183 e. The predicted octanol–water partition coefficient (Wildman–Crippen LogP) is 6.32. The lowest BCUT2D eigenvalue weighted by atomic mass is 10.1. The van der Waals surface area contributed by atoms with E-state index in [1.165, 1.54) is 12.3 Å². The lowest BCUT2D eigenvalue weighted by molar-refractivity contribution is 0.619. The maximum atomic E-state index is 13.5. The first kappa shape index (κ1) is 15.9. The molecule has 0 aliphatic carbocycles.